The van der Waals surface area contributed by atoms with Crippen LogP contribution in [0, 0.1) is 19.8 Å². The normalized spacial score (nSPS) is 16.6. The molecule has 1 aliphatic heterocycles. The molecule has 6 nitrogen and oxygen atoms in total. The molecule has 0 bridgehead atoms. The number of nitrogens with one attached hydrogen (secondary N) is 1. The summed E-state index contributed by atoms with van der Waals surface area (Å²) in [5, 5.41) is 11.7. The number of carboxylic acid groups (broad SMARTS) is 1. The van der Waals surface area contributed by atoms with Gasteiger partial charge >= 0.3 is 5.97 Å². The van der Waals surface area contributed by atoms with E-state index in [0.717, 1.165) is 16.8 Å². The zero-order chi connectivity index (χ0) is 18.8. The number of hydrogen-bond acceptors (Lipinski definition) is 3. The van der Waals surface area contributed by atoms with Gasteiger partial charge in [0, 0.05) is 24.3 Å². The molecular weight excluding hydrogens is 332 g/mol. The lowest BCUT2D eigenvalue weighted by Gasteiger charge is -2.20. The van der Waals surface area contributed by atoms with Crippen LogP contribution >= 0.6 is 0 Å². The van der Waals surface area contributed by atoms with Crippen molar-refractivity contribution in [2.45, 2.75) is 20.3 Å². The number of nitrogens with zero attached hydrogens (tertiary/aromatic N) is 1. The molecule has 1 saturated heterocycles. The standard InChI is InChI=1S/C20H20N2O4/c1-12-4-3-5-17(13(12)2)22-11-15(10-18(22)23)19(24)21-16-8-6-14(7-9-16)20(25)26/h3-9,15H,10-11H2,1-2H3,(H,21,24)(H,25,26). The number of carbonyl (C=O) groups excluding carboxylic acids is 2. The first-order chi connectivity index (χ1) is 12.4. The summed E-state index contributed by atoms with van der Waals surface area (Å²) in [4.78, 5) is 37.4. The minimum atomic E-state index is -1.02. The average molecular weight is 352 g/mol. The third-order valence-electron chi connectivity index (χ3n) is 4.76. The van der Waals surface area contributed by atoms with Crippen LogP contribution in [-0.2, 0) is 9.59 Å². The van der Waals surface area contributed by atoms with Crippen molar-refractivity contribution in [1.82, 2.24) is 0 Å². The van der Waals surface area contributed by atoms with E-state index in [1.807, 2.05) is 32.0 Å². The van der Waals surface area contributed by atoms with Gasteiger partial charge in [0.2, 0.25) is 11.8 Å². The minimum Gasteiger partial charge on any atom is -0.478 e. The first-order valence-electron chi connectivity index (χ1n) is 8.37. The Labute approximate surface area is 151 Å². The van der Waals surface area contributed by atoms with Gasteiger partial charge in [0.25, 0.3) is 0 Å². The lowest BCUT2D eigenvalue weighted by Crippen LogP contribution is -2.28. The first-order valence-corrected chi connectivity index (χ1v) is 8.37. The van der Waals surface area contributed by atoms with Crippen LogP contribution in [0.25, 0.3) is 0 Å². The van der Waals surface area contributed by atoms with E-state index >= 15 is 0 Å². The Morgan fingerprint density at radius 2 is 1.81 bits per heavy atom. The summed E-state index contributed by atoms with van der Waals surface area (Å²) in [6.45, 7) is 4.29. The van der Waals surface area contributed by atoms with Gasteiger partial charge in [-0.3, -0.25) is 9.59 Å². The zero-order valence-corrected chi connectivity index (χ0v) is 14.7. The average Bonchev–Trinajstić information content (AvgIpc) is 2.99. The fraction of sp³-hybridized carbons (Fsp3) is 0.250. The maximum atomic E-state index is 12.5. The number of rotatable bonds is 4. The van der Waals surface area contributed by atoms with Crippen LogP contribution < -0.4 is 10.2 Å². The summed E-state index contributed by atoms with van der Waals surface area (Å²) in [7, 11) is 0. The highest BCUT2D eigenvalue weighted by Crippen LogP contribution is 2.30. The van der Waals surface area contributed by atoms with E-state index in [2.05, 4.69) is 5.32 Å². The molecule has 0 aromatic heterocycles. The maximum Gasteiger partial charge on any atom is 0.335 e. The molecule has 1 aliphatic rings. The summed E-state index contributed by atoms with van der Waals surface area (Å²) >= 11 is 0. The maximum absolute atomic E-state index is 12.5. The van der Waals surface area contributed by atoms with Crippen molar-refractivity contribution in [2.75, 3.05) is 16.8 Å². The summed E-state index contributed by atoms with van der Waals surface area (Å²) in [6, 6.07) is 11.7. The SMILES string of the molecule is Cc1cccc(N2CC(C(=O)Nc3ccc(C(=O)O)cc3)CC2=O)c1C. The van der Waals surface area contributed by atoms with Crippen molar-refractivity contribution in [2.24, 2.45) is 5.92 Å². The van der Waals surface area contributed by atoms with Gasteiger partial charge in [-0.25, -0.2) is 4.79 Å². The molecule has 6 heteroatoms. The number of aromatic carboxylic acids is 1. The summed E-state index contributed by atoms with van der Waals surface area (Å²) in [6.07, 6.45) is 0.159. The number of carboxylic acids is 1. The summed E-state index contributed by atoms with van der Waals surface area (Å²) in [5.41, 5.74) is 3.64. The quantitative estimate of drug-likeness (QED) is 0.886. The second kappa shape index (κ2) is 7.00. The van der Waals surface area contributed by atoms with E-state index in [1.165, 1.54) is 12.1 Å². The van der Waals surface area contributed by atoms with Gasteiger partial charge in [0.1, 0.15) is 0 Å². The smallest absolute Gasteiger partial charge is 0.335 e. The lowest BCUT2D eigenvalue weighted by molar-refractivity contribution is -0.122. The molecule has 1 atom stereocenters. The van der Waals surface area contributed by atoms with Gasteiger partial charge in [0.15, 0.2) is 0 Å². The second-order valence-corrected chi connectivity index (χ2v) is 6.50. The fourth-order valence-corrected chi connectivity index (χ4v) is 3.08. The summed E-state index contributed by atoms with van der Waals surface area (Å²) in [5.74, 6) is -1.77. The molecular formula is C20H20N2O4. The van der Waals surface area contributed by atoms with E-state index in [9.17, 15) is 14.4 Å². The van der Waals surface area contributed by atoms with E-state index in [0.29, 0.717) is 12.2 Å². The Kier molecular flexibility index (Phi) is 4.75. The topological polar surface area (TPSA) is 86.7 Å². The Morgan fingerprint density at radius 3 is 2.46 bits per heavy atom. The second-order valence-electron chi connectivity index (χ2n) is 6.50. The Balaban J connectivity index is 1.71. The van der Waals surface area contributed by atoms with Crippen molar-refractivity contribution in [3.05, 3.63) is 59.2 Å². The number of amides is 2. The number of anilines is 2. The molecule has 0 saturated carbocycles. The van der Waals surface area contributed by atoms with Crippen LogP contribution in [0.1, 0.15) is 27.9 Å². The molecule has 0 aliphatic carbocycles. The first kappa shape index (κ1) is 17.7. The highest BCUT2D eigenvalue weighted by Gasteiger charge is 2.35. The lowest BCUT2D eigenvalue weighted by atomic mass is 10.1. The number of carbonyl (C=O) groups is 3. The predicted molar refractivity (Wildman–Crippen MR) is 98.4 cm³/mol. The third-order valence-corrected chi connectivity index (χ3v) is 4.76. The number of benzene rings is 2. The molecule has 2 aromatic rings. The molecule has 0 spiro atoms. The van der Waals surface area contributed by atoms with Gasteiger partial charge in [-0.15, -0.1) is 0 Å². The molecule has 1 fully saturated rings. The number of aryl methyl sites for hydroxylation is 1. The highest BCUT2D eigenvalue weighted by atomic mass is 16.4. The molecule has 0 radical (unpaired) electrons. The minimum absolute atomic E-state index is 0.0694. The largest absolute Gasteiger partial charge is 0.478 e. The van der Waals surface area contributed by atoms with Gasteiger partial charge in [-0.2, -0.15) is 0 Å². The molecule has 1 unspecified atom stereocenters. The van der Waals surface area contributed by atoms with Crippen molar-refractivity contribution in [1.29, 1.82) is 0 Å². The van der Waals surface area contributed by atoms with Crippen molar-refractivity contribution >= 4 is 29.2 Å². The monoisotopic (exact) mass is 352 g/mol. The molecule has 2 aromatic carbocycles. The Bertz CT molecular complexity index is 874. The predicted octanol–water partition coefficient (Wildman–Crippen LogP) is 2.99. The van der Waals surface area contributed by atoms with Crippen LogP contribution in [0.3, 0.4) is 0 Å². The third kappa shape index (κ3) is 3.44. The van der Waals surface area contributed by atoms with Crippen LogP contribution in [0.15, 0.2) is 42.5 Å². The van der Waals surface area contributed by atoms with Crippen LogP contribution in [0.4, 0.5) is 11.4 Å². The van der Waals surface area contributed by atoms with Crippen LogP contribution in [0.2, 0.25) is 0 Å². The molecule has 3 rings (SSSR count). The van der Waals surface area contributed by atoms with Gasteiger partial charge in [-0.05, 0) is 55.3 Å². The van der Waals surface area contributed by atoms with E-state index in [-0.39, 0.29) is 23.8 Å². The van der Waals surface area contributed by atoms with Crippen molar-refractivity contribution in [3.8, 4) is 0 Å². The van der Waals surface area contributed by atoms with E-state index in [1.54, 1.807) is 17.0 Å². The zero-order valence-electron chi connectivity index (χ0n) is 14.7. The molecule has 2 amide bonds. The highest BCUT2D eigenvalue weighted by molar-refractivity contribution is 6.04. The van der Waals surface area contributed by atoms with E-state index in [4.69, 9.17) is 5.11 Å². The van der Waals surface area contributed by atoms with E-state index < -0.39 is 11.9 Å². The Morgan fingerprint density at radius 1 is 1.12 bits per heavy atom. The number of hydrogen-bond donors (Lipinski definition) is 2. The van der Waals surface area contributed by atoms with Gasteiger partial charge in [0.05, 0.1) is 11.5 Å². The van der Waals surface area contributed by atoms with Gasteiger partial charge < -0.3 is 15.3 Å². The summed E-state index contributed by atoms with van der Waals surface area (Å²) < 4.78 is 0. The molecule has 1 heterocycles. The van der Waals surface area contributed by atoms with Crippen molar-refractivity contribution < 1.29 is 19.5 Å². The fourth-order valence-electron chi connectivity index (χ4n) is 3.08. The molecule has 134 valence electrons. The molecule has 26 heavy (non-hydrogen) atoms. The molecule has 2 N–H and O–H groups in total. The van der Waals surface area contributed by atoms with Crippen molar-refractivity contribution in [3.63, 3.8) is 0 Å². The van der Waals surface area contributed by atoms with Crippen LogP contribution in [0.5, 0.6) is 0 Å². The van der Waals surface area contributed by atoms with Crippen LogP contribution in [-0.4, -0.2) is 29.4 Å². The Hall–Kier alpha value is -3.15. The van der Waals surface area contributed by atoms with Gasteiger partial charge in [-0.1, -0.05) is 12.1 Å².